The summed E-state index contributed by atoms with van der Waals surface area (Å²) >= 11 is 0. The number of aryl methyl sites for hydroxylation is 2. The van der Waals surface area contributed by atoms with Gasteiger partial charge < -0.3 is 5.11 Å². The van der Waals surface area contributed by atoms with E-state index in [1.807, 2.05) is 27.0 Å². The van der Waals surface area contributed by atoms with Gasteiger partial charge in [-0.1, -0.05) is 12.1 Å². The summed E-state index contributed by atoms with van der Waals surface area (Å²) in [5.41, 5.74) is 4.34. The molecule has 2 heterocycles. The summed E-state index contributed by atoms with van der Waals surface area (Å²) in [6, 6.07) is 5.15. The van der Waals surface area contributed by atoms with Crippen LogP contribution in [0.15, 0.2) is 18.2 Å². The maximum Gasteiger partial charge on any atom is 0.337 e. The molecule has 0 aliphatic carbocycles. The fourth-order valence-electron chi connectivity index (χ4n) is 2.54. The third-order valence-corrected chi connectivity index (χ3v) is 3.57. The van der Waals surface area contributed by atoms with Crippen molar-refractivity contribution >= 4 is 41.7 Å². The topological polar surface area (TPSA) is 83.8 Å². The molecule has 3 aromatic rings. The molecule has 22 heavy (non-hydrogen) atoms. The van der Waals surface area contributed by atoms with Crippen LogP contribution in [0.25, 0.3) is 22.2 Å². The fraction of sp³-hybridized carbons (Fsp3) is 0.214. The van der Waals surface area contributed by atoms with Crippen molar-refractivity contribution in [2.75, 3.05) is 0 Å². The molecule has 1 aromatic carbocycles. The number of rotatable bonds is 2. The van der Waals surface area contributed by atoms with Gasteiger partial charge in [0.25, 0.3) is 0 Å². The summed E-state index contributed by atoms with van der Waals surface area (Å²) in [6.07, 6.45) is 0. The van der Waals surface area contributed by atoms with Crippen LogP contribution in [0, 0.1) is 13.8 Å². The molecular weight excluding hydrogens is 327 g/mol. The largest absolute Gasteiger partial charge is 0.478 e. The molecule has 0 amide bonds. The van der Waals surface area contributed by atoms with Crippen LogP contribution < -0.4 is 0 Å². The van der Waals surface area contributed by atoms with Crippen LogP contribution in [0.5, 0.6) is 0 Å². The highest BCUT2D eigenvalue weighted by Crippen LogP contribution is 2.32. The lowest BCUT2D eigenvalue weighted by molar-refractivity contribution is 0.0699. The maximum absolute atomic E-state index is 11.2. The number of nitrogens with one attached hydrogen (secondary N) is 1. The molecule has 0 aliphatic rings. The molecule has 0 atom stereocenters. The number of para-hydroxylation sites is 1. The van der Waals surface area contributed by atoms with Crippen molar-refractivity contribution in [3.05, 3.63) is 35.2 Å². The smallest absolute Gasteiger partial charge is 0.337 e. The highest BCUT2D eigenvalue weighted by atomic mass is 35.5. The molecule has 2 N–H and O–H groups in total. The number of carboxylic acids is 1. The molecule has 0 radical (unpaired) electrons. The zero-order valence-electron chi connectivity index (χ0n) is 12.2. The number of halogens is 2. The first kappa shape index (κ1) is 18.0. The van der Waals surface area contributed by atoms with Crippen molar-refractivity contribution in [1.29, 1.82) is 0 Å². The number of nitrogens with zero attached hydrogens (tertiary/aromatic N) is 3. The van der Waals surface area contributed by atoms with Gasteiger partial charge in [-0.05, 0) is 19.9 Å². The number of benzene rings is 1. The molecular formula is C14H16Cl2N4O2. The van der Waals surface area contributed by atoms with E-state index in [0.717, 1.165) is 28.0 Å². The quantitative estimate of drug-likeness (QED) is 0.749. The third kappa shape index (κ3) is 2.55. The normalized spacial score (nSPS) is 10.1. The van der Waals surface area contributed by atoms with E-state index >= 15 is 0 Å². The number of aromatic nitrogens is 4. The van der Waals surface area contributed by atoms with E-state index in [1.54, 1.807) is 16.8 Å². The molecule has 0 spiro atoms. The molecule has 0 fully saturated rings. The van der Waals surface area contributed by atoms with Crippen molar-refractivity contribution in [3.63, 3.8) is 0 Å². The Morgan fingerprint density at radius 1 is 1.27 bits per heavy atom. The van der Waals surface area contributed by atoms with Crippen LogP contribution in [0.1, 0.15) is 21.7 Å². The summed E-state index contributed by atoms with van der Waals surface area (Å²) in [6.45, 7) is 3.90. The van der Waals surface area contributed by atoms with Gasteiger partial charge in [-0.2, -0.15) is 10.2 Å². The van der Waals surface area contributed by atoms with E-state index in [1.165, 1.54) is 0 Å². The third-order valence-electron chi connectivity index (χ3n) is 3.57. The van der Waals surface area contributed by atoms with Gasteiger partial charge in [-0.15, -0.1) is 24.8 Å². The van der Waals surface area contributed by atoms with E-state index < -0.39 is 5.97 Å². The van der Waals surface area contributed by atoms with Gasteiger partial charge in [0.2, 0.25) is 0 Å². The van der Waals surface area contributed by atoms with Crippen LogP contribution in [0.4, 0.5) is 0 Å². The standard InChI is InChI=1S/C14H14N4O2.2ClH/c1-7-11(8(2)18(3)17-7)13-9-5-4-6-10(14(19)20)12(9)15-16-13;;/h4-6H,1-3H3,(H,15,16)(H,19,20);2*1H. The van der Waals surface area contributed by atoms with E-state index in [9.17, 15) is 9.90 Å². The molecule has 118 valence electrons. The molecule has 0 saturated heterocycles. The molecule has 0 bridgehead atoms. The number of hydrogen-bond donors (Lipinski definition) is 2. The van der Waals surface area contributed by atoms with Crippen molar-refractivity contribution in [2.24, 2.45) is 7.05 Å². The number of carboxylic acid groups (broad SMARTS) is 1. The van der Waals surface area contributed by atoms with Crippen molar-refractivity contribution in [2.45, 2.75) is 13.8 Å². The van der Waals surface area contributed by atoms with Crippen LogP contribution in [0.2, 0.25) is 0 Å². The first-order valence-corrected chi connectivity index (χ1v) is 6.21. The number of hydrogen-bond acceptors (Lipinski definition) is 3. The minimum Gasteiger partial charge on any atom is -0.478 e. The van der Waals surface area contributed by atoms with Gasteiger partial charge in [-0.25, -0.2) is 4.79 Å². The van der Waals surface area contributed by atoms with E-state index in [-0.39, 0.29) is 30.4 Å². The summed E-state index contributed by atoms with van der Waals surface area (Å²) < 4.78 is 1.80. The zero-order chi connectivity index (χ0) is 14.4. The van der Waals surface area contributed by atoms with Gasteiger partial charge in [0, 0.05) is 23.7 Å². The number of fused-ring (bicyclic) bond motifs is 1. The second-order valence-electron chi connectivity index (χ2n) is 4.77. The summed E-state index contributed by atoms with van der Waals surface area (Å²) in [5, 5.41) is 21.5. The lowest BCUT2D eigenvalue weighted by Gasteiger charge is -2.00. The summed E-state index contributed by atoms with van der Waals surface area (Å²) in [5.74, 6) is -0.978. The molecule has 0 aliphatic heterocycles. The van der Waals surface area contributed by atoms with Crippen molar-refractivity contribution in [1.82, 2.24) is 20.0 Å². The second kappa shape index (κ2) is 6.37. The Kier molecular flexibility index (Phi) is 5.22. The SMILES string of the molecule is Cc1nn(C)c(C)c1-c1[nH]nc2c(C(=O)O)cccc12.Cl.Cl. The highest BCUT2D eigenvalue weighted by molar-refractivity contribution is 6.06. The van der Waals surface area contributed by atoms with Crippen LogP contribution in [-0.4, -0.2) is 31.1 Å². The first-order chi connectivity index (χ1) is 9.50. The highest BCUT2D eigenvalue weighted by Gasteiger charge is 2.19. The first-order valence-electron chi connectivity index (χ1n) is 6.21. The van der Waals surface area contributed by atoms with Crippen LogP contribution >= 0.6 is 24.8 Å². The maximum atomic E-state index is 11.2. The minimum atomic E-state index is -0.978. The monoisotopic (exact) mass is 342 g/mol. The number of H-pyrrole nitrogens is 1. The van der Waals surface area contributed by atoms with Gasteiger partial charge in [-0.3, -0.25) is 9.78 Å². The van der Waals surface area contributed by atoms with E-state index in [2.05, 4.69) is 15.3 Å². The Morgan fingerprint density at radius 3 is 2.50 bits per heavy atom. The molecule has 0 saturated carbocycles. The Bertz CT molecular complexity index is 839. The molecule has 0 unspecified atom stereocenters. The van der Waals surface area contributed by atoms with Gasteiger partial charge in [0.05, 0.1) is 17.0 Å². The van der Waals surface area contributed by atoms with Gasteiger partial charge >= 0.3 is 5.97 Å². The summed E-state index contributed by atoms with van der Waals surface area (Å²) in [4.78, 5) is 11.2. The number of carbonyl (C=O) groups is 1. The Labute approximate surface area is 139 Å². The lowest BCUT2D eigenvalue weighted by Crippen LogP contribution is -1.96. The lowest BCUT2D eigenvalue weighted by atomic mass is 10.0. The number of aromatic amines is 1. The van der Waals surface area contributed by atoms with Crippen molar-refractivity contribution < 1.29 is 9.90 Å². The van der Waals surface area contributed by atoms with Gasteiger partial charge in [0.15, 0.2) is 0 Å². The minimum absolute atomic E-state index is 0. The Balaban J connectivity index is 0.00000121. The van der Waals surface area contributed by atoms with Crippen molar-refractivity contribution in [3.8, 4) is 11.3 Å². The van der Waals surface area contributed by atoms with E-state index in [4.69, 9.17) is 0 Å². The summed E-state index contributed by atoms with van der Waals surface area (Å²) in [7, 11) is 1.88. The second-order valence-corrected chi connectivity index (χ2v) is 4.77. The Hall–Kier alpha value is -2.05. The molecule has 3 rings (SSSR count). The van der Waals surface area contributed by atoms with Crippen LogP contribution in [0.3, 0.4) is 0 Å². The molecule has 6 nitrogen and oxygen atoms in total. The average Bonchev–Trinajstić information content (AvgIpc) is 2.91. The fourth-order valence-corrected chi connectivity index (χ4v) is 2.54. The zero-order valence-corrected chi connectivity index (χ0v) is 13.9. The molecule has 8 heteroatoms. The molecule has 2 aromatic heterocycles. The number of aromatic carboxylic acids is 1. The predicted molar refractivity (Wildman–Crippen MR) is 89.2 cm³/mol. The Morgan fingerprint density at radius 2 is 1.95 bits per heavy atom. The predicted octanol–water partition coefficient (Wildman–Crippen LogP) is 3.12. The van der Waals surface area contributed by atoms with E-state index in [0.29, 0.717) is 5.52 Å². The van der Waals surface area contributed by atoms with Gasteiger partial charge in [0.1, 0.15) is 5.52 Å². The van der Waals surface area contributed by atoms with Crippen LogP contribution in [-0.2, 0) is 7.05 Å². The average molecular weight is 343 g/mol.